The quantitative estimate of drug-likeness (QED) is 0.714. The first-order valence-electron chi connectivity index (χ1n) is 5.26. The molecule has 3 nitrogen and oxygen atoms in total. The van der Waals surface area contributed by atoms with Gasteiger partial charge < -0.3 is 10.1 Å². The lowest BCUT2D eigenvalue weighted by atomic mass is 10.0. The number of methoxy groups -OCH3 is 1. The number of carbonyl (C=O) groups is 1. The third-order valence-electron chi connectivity index (χ3n) is 2.71. The van der Waals surface area contributed by atoms with E-state index >= 15 is 0 Å². The van der Waals surface area contributed by atoms with Gasteiger partial charge in [0.1, 0.15) is 0 Å². The Morgan fingerprint density at radius 1 is 1.40 bits per heavy atom. The van der Waals surface area contributed by atoms with E-state index < -0.39 is 0 Å². The molecule has 1 heterocycles. The minimum atomic E-state index is -0.262. The highest BCUT2D eigenvalue weighted by Crippen LogP contribution is 2.22. The van der Waals surface area contributed by atoms with E-state index in [1.54, 1.807) is 0 Å². The Hall–Kier alpha value is -1.51. The van der Waals surface area contributed by atoms with Crippen LogP contribution in [0.5, 0.6) is 0 Å². The van der Waals surface area contributed by atoms with Gasteiger partial charge in [0.15, 0.2) is 0 Å². The van der Waals surface area contributed by atoms with E-state index in [-0.39, 0.29) is 5.97 Å². The van der Waals surface area contributed by atoms with Crippen LogP contribution in [0, 0.1) is 0 Å². The fraction of sp³-hybridized carbons (Fsp3) is 0.417. The SMILES string of the molecule is COC(=O)c1ccc2c(c1)CCCCN2. The number of fused-ring (bicyclic) bond motifs is 1. The van der Waals surface area contributed by atoms with Gasteiger partial charge >= 0.3 is 5.97 Å². The van der Waals surface area contributed by atoms with Gasteiger partial charge in [0, 0.05) is 12.2 Å². The number of hydrogen-bond acceptors (Lipinski definition) is 3. The van der Waals surface area contributed by atoms with Gasteiger partial charge in [-0.15, -0.1) is 0 Å². The Morgan fingerprint density at radius 2 is 2.27 bits per heavy atom. The molecule has 0 spiro atoms. The highest BCUT2D eigenvalue weighted by atomic mass is 16.5. The smallest absolute Gasteiger partial charge is 0.337 e. The minimum absolute atomic E-state index is 0.262. The largest absolute Gasteiger partial charge is 0.465 e. The summed E-state index contributed by atoms with van der Waals surface area (Å²) in [6.07, 6.45) is 3.39. The maximum Gasteiger partial charge on any atom is 0.337 e. The predicted molar refractivity (Wildman–Crippen MR) is 59.2 cm³/mol. The second-order valence-corrected chi connectivity index (χ2v) is 3.75. The van der Waals surface area contributed by atoms with Gasteiger partial charge in [0.05, 0.1) is 12.7 Å². The molecular weight excluding hydrogens is 190 g/mol. The Morgan fingerprint density at radius 3 is 3.07 bits per heavy atom. The lowest BCUT2D eigenvalue weighted by molar-refractivity contribution is 0.0600. The molecule has 1 aromatic carbocycles. The summed E-state index contributed by atoms with van der Waals surface area (Å²) in [6.45, 7) is 1.02. The molecule has 0 aliphatic carbocycles. The summed E-state index contributed by atoms with van der Waals surface area (Å²) >= 11 is 0. The summed E-state index contributed by atoms with van der Waals surface area (Å²) < 4.78 is 4.70. The molecule has 80 valence electrons. The minimum Gasteiger partial charge on any atom is -0.465 e. The third kappa shape index (κ3) is 2.12. The van der Waals surface area contributed by atoms with Crippen LogP contribution in [-0.2, 0) is 11.2 Å². The standard InChI is InChI=1S/C12H15NO2/c1-15-12(14)10-5-6-11-9(8-10)4-2-3-7-13-11/h5-6,8,13H,2-4,7H2,1H3. The van der Waals surface area contributed by atoms with Crippen molar-refractivity contribution in [3.05, 3.63) is 29.3 Å². The molecule has 1 aliphatic heterocycles. The second-order valence-electron chi connectivity index (χ2n) is 3.75. The van der Waals surface area contributed by atoms with Crippen LogP contribution < -0.4 is 5.32 Å². The van der Waals surface area contributed by atoms with E-state index in [4.69, 9.17) is 4.74 Å². The monoisotopic (exact) mass is 205 g/mol. The topological polar surface area (TPSA) is 38.3 Å². The van der Waals surface area contributed by atoms with Crippen molar-refractivity contribution in [3.8, 4) is 0 Å². The van der Waals surface area contributed by atoms with Crippen molar-refractivity contribution in [1.82, 2.24) is 0 Å². The summed E-state index contributed by atoms with van der Waals surface area (Å²) in [6, 6.07) is 5.70. The summed E-state index contributed by atoms with van der Waals surface area (Å²) in [5.74, 6) is -0.262. The molecule has 0 atom stereocenters. The summed E-state index contributed by atoms with van der Waals surface area (Å²) in [5, 5.41) is 3.36. The molecule has 0 radical (unpaired) electrons. The molecule has 3 heteroatoms. The van der Waals surface area contributed by atoms with Crippen LogP contribution in [0.3, 0.4) is 0 Å². The number of ether oxygens (including phenoxy) is 1. The van der Waals surface area contributed by atoms with Gasteiger partial charge in [-0.1, -0.05) is 0 Å². The summed E-state index contributed by atoms with van der Waals surface area (Å²) in [5.41, 5.74) is 3.01. The highest BCUT2D eigenvalue weighted by molar-refractivity contribution is 5.90. The van der Waals surface area contributed by atoms with Crippen LogP contribution >= 0.6 is 0 Å². The van der Waals surface area contributed by atoms with E-state index in [1.807, 2.05) is 18.2 Å². The molecule has 0 fully saturated rings. The average Bonchev–Trinajstić information content (AvgIpc) is 2.51. The van der Waals surface area contributed by atoms with Crippen LogP contribution in [0.15, 0.2) is 18.2 Å². The zero-order valence-electron chi connectivity index (χ0n) is 8.88. The lowest BCUT2D eigenvalue weighted by Crippen LogP contribution is -2.04. The molecule has 0 saturated heterocycles. The van der Waals surface area contributed by atoms with Crippen molar-refractivity contribution in [2.24, 2.45) is 0 Å². The molecule has 1 N–H and O–H groups in total. The number of aryl methyl sites for hydroxylation is 1. The molecule has 1 aliphatic rings. The third-order valence-corrected chi connectivity index (χ3v) is 2.71. The van der Waals surface area contributed by atoms with Gasteiger partial charge in [-0.2, -0.15) is 0 Å². The van der Waals surface area contributed by atoms with E-state index in [0.717, 1.165) is 18.7 Å². The predicted octanol–water partition coefficient (Wildman–Crippen LogP) is 2.22. The molecule has 0 bridgehead atoms. The van der Waals surface area contributed by atoms with Gasteiger partial charge in [0.25, 0.3) is 0 Å². The maximum atomic E-state index is 11.3. The fourth-order valence-corrected chi connectivity index (χ4v) is 1.88. The van der Waals surface area contributed by atoms with Crippen molar-refractivity contribution in [3.63, 3.8) is 0 Å². The fourth-order valence-electron chi connectivity index (χ4n) is 1.88. The van der Waals surface area contributed by atoms with E-state index in [9.17, 15) is 4.79 Å². The molecule has 0 aromatic heterocycles. The normalized spacial score (nSPS) is 14.7. The van der Waals surface area contributed by atoms with E-state index in [2.05, 4.69) is 5.32 Å². The average molecular weight is 205 g/mol. The van der Waals surface area contributed by atoms with Crippen LogP contribution in [0.1, 0.15) is 28.8 Å². The molecule has 0 unspecified atom stereocenters. The van der Waals surface area contributed by atoms with Gasteiger partial charge in [-0.3, -0.25) is 0 Å². The van der Waals surface area contributed by atoms with Crippen LogP contribution in [0.2, 0.25) is 0 Å². The number of carbonyl (C=O) groups excluding carboxylic acids is 1. The van der Waals surface area contributed by atoms with Crippen molar-refractivity contribution >= 4 is 11.7 Å². The van der Waals surface area contributed by atoms with Gasteiger partial charge in [-0.05, 0) is 43.0 Å². The van der Waals surface area contributed by atoms with E-state index in [1.165, 1.54) is 25.5 Å². The van der Waals surface area contributed by atoms with Gasteiger partial charge in [-0.25, -0.2) is 4.79 Å². The number of anilines is 1. The molecule has 15 heavy (non-hydrogen) atoms. The first-order valence-corrected chi connectivity index (χ1v) is 5.26. The number of hydrogen-bond donors (Lipinski definition) is 1. The highest BCUT2D eigenvalue weighted by Gasteiger charge is 2.11. The van der Waals surface area contributed by atoms with Crippen molar-refractivity contribution in [1.29, 1.82) is 0 Å². The molecule has 0 saturated carbocycles. The van der Waals surface area contributed by atoms with Gasteiger partial charge in [0.2, 0.25) is 0 Å². The summed E-state index contributed by atoms with van der Waals surface area (Å²) in [4.78, 5) is 11.3. The maximum absolute atomic E-state index is 11.3. The molecule has 0 amide bonds. The Kier molecular flexibility index (Phi) is 2.90. The summed E-state index contributed by atoms with van der Waals surface area (Å²) in [7, 11) is 1.41. The number of nitrogens with one attached hydrogen (secondary N) is 1. The molecular formula is C12H15NO2. The zero-order chi connectivity index (χ0) is 10.7. The second kappa shape index (κ2) is 4.34. The molecule has 2 rings (SSSR count). The first-order chi connectivity index (χ1) is 7.31. The first kappa shape index (κ1) is 10.0. The van der Waals surface area contributed by atoms with Crippen LogP contribution in [-0.4, -0.2) is 19.6 Å². The van der Waals surface area contributed by atoms with Crippen LogP contribution in [0.25, 0.3) is 0 Å². The van der Waals surface area contributed by atoms with Crippen molar-refractivity contribution in [2.45, 2.75) is 19.3 Å². The van der Waals surface area contributed by atoms with E-state index in [0.29, 0.717) is 5.56 Å². The number of benzene rings is 1. The van der Waals surface area contributed by atoms with Crippen LogP contribution in [0.4, 0.5) is 5.69 Å². The number of rotatable bonds is 1. The Balaban J connectivity index is 2.31. The Bertz CT molecular complexity index is 374. The zero-order valence-corrected chi connectivity index (χ0v) is 8.88. The molecule has 1 aromatic rings. The van der Waals surface area contributed by atoms with Crippen molar-refractivity contribution < 1.29 is 9.53 Å². The Labute approximate surface area is 89.4 Å². The van der Waals surface area contributed by atoms with Crippen molar-refractivity contribution in [2.75, 3.05) is 19.0 Å². The number of esters is 1. The lowest BCUT2D eigenvalue weighted by Gasteiger charge is -2.08.